The molecule has 0 fully saturated rings. The van der Waals surface area contributed by atoms with Gasteiger partial charge in [0, 0.05) is 11.6 Å². The second-order valence-corrected chi connectivity index (χ2v) is 6.20. The largest absolute Gasteiger partial charge is 0.475 e. The minimum Gasteiger partial charge on any atom is -0.475 e. The summed E-state index contributed by atoms with van der Waals surface area (Å²) < 4.78 is 7.82. The highest BCUT2D eigenvalue weighted by atomic mass is 35.5. The van der Waals surface area contributed by atoms with Gasteiger partial charge in [-0.2, -0.15) is 0 Å². The molecule has 3 rings (SSSR count). The quantitative estimate of drug-likeness (QED) is 0.658. The predicted molar refractivity (Wildman–Crippen MR) is 102 cm³/mol. The number of ether oxygens (including phenoxy) is 1. The molecule has 1 aromatic heterocycles. The lowest BCUT2D eigenvalue weighted by molar-refractivity contribution is 0.254. The van der Waals surface area contributed by atoms with Crippen molar-refractivity contribution in [3.63, 3.8) is 0 Å². The molecule has 1 heterocycles. The van der Waals surface area contributed by atoms with E-state index in [9.17, 15) is 0 Å². The summed E-state index contributed by atoms with van der Waals surface area (Å²) in [6.07, 6.45) is 0. The Hall–Kier alpha value is -1.75. The highest BCUT2D eigenvalue weighted by Gasteiger charge is 2.12. The average molecular weight is 366 g/mol. The van der Waals surface area contributed by atoms with E-state index in [1.54, 1.807) is 0 Å². The lowest BCUT2D eigenvalue weighted by Gasteiger charge is -2.09. The van der Waals surface area contributed by atoms with Gasteiger partial charge in [-0.25, -0.2) is 0 Å². The van der Waals surface area contributed by atoms with Crippen LogP contribution in [0.25, 0.3) is 10.9 Å². The zero-order valence-corrected chi connectivity index (χ0v) is 15.3. The minimum atomic E-state index is 0. The molecule has 0 spiro atoms. The maximum absolute atomic E-state index is 6.16. The third-order valence-electron chi connectivity index (χ3n) is 3.63. The fourth-order valence-electron chi connectivity index (χ4n) is 2.42. The summed E-state index contributed by atoms with van der Waals surface area (Å²) in [7, 11) is 4.05. The molecule has 128 valence electrons. The summed E-state index contributed by atoms with van der Waals surface area (Å²) in [5.41, 5.74) is 2.18. The van der Waals surface area contributed by atoms with Crippen LogP contribution in [0.3, 0.4) is 0 Å². The molecular formula is C18H21Cl2N3O. The molecule has 0 saturated heterocycles. The molecule has 0 aliphatic heterocycles. The Labute approximate surface area is 153 Å². The molecule has 6 heteroatoms. The lowest BCUT2D eigenvalue weighted by Crippen LogP contribution is -2.19. The molecule has 0 amide bonds. The molecule has 0 aliphatic rings. The third kappa shape index (κ3) is 4.41. The number of aromatic nitrogens is 2. The lowest BCUT2D eigenvalue weighted by atomic mass is 10.2. The summed E-state index contributed by atoms with van der Waals surface area (Å²) in [5, 5.41) is 6.33. The van der Waals surface area contributed by atoms with Crippen molar-refractivity contribution in [3.05, 3.63) is 59.1 Å². The van der Waals surface area contributed by atoms with Crippen LogP contribution in [0.5, 0.6) is 5.88 Å². The van der Waals surface area contributed by atoms with Gasteiger partial charge >= 0.3 is 0 Å². The number of hydrogen-bond donors (Lipinski definition) is 0. The van der Waals surface area contributed by atoms with Crippen LogP contribution in [0.1, 0.15) is 5.56 Å². The maximum Gasteiger partial charge on any atom is 0.240 e. The summed E-state index contributed by atoms with van der Waals surface area (Å²) in [4.78, 5) is 2.08. The Kier molecular flexibility index (Phi) is 6.49. The van der Waals surface area contributed by atoms with Gasteiger partial charge in [-0.1, -0.05) is 41.9 Å². The van der Waals surface area contributed by atoms with Gasteiger partial charge in [-0.3, -0.25) is 4.68 Å². The average Bonchev–Trinajstić information content (AvgIpc) is 2.85. The first-order valence-electron chi connectivity index (χ1n) is 7.61. The van der Waals surface area contributed by atoms with Gasteiger partial charge in [-0.15, -0.1) is 17.5 Å². The zero-order chi connectivity index (χ0) is 16.2. The van der Waals surface area contributed by atoms with E-state index in [0.717, 1.165) is 17.4 Å². The van der Waals surface area contributed by atoms with E-state index in [1.807, 2.05) is 55.2 Å². The van der Waals surface area contributed by atoms with Crippen LogP contribution in [0.2, 0.25) is 5.02 Å². The SMILES string of the molecule is CN(C)CCOc1nn(Cc2ccccc2)c2cc(Cl)ccc12.Cl. The number of halogens is 2. The van der Waals surface area contributed by atoms with Crippen LogP contribution >= 0.6 is 24.0 Å². The first-order valence-corrected chi connectivity index (χ1v) is 7.99. The normalized spacial score (nSPS) is 10.8. The highest BCUT2D eigenvalue weighted by Crippen LogP contribution is 2.28. The van der Waals surface area contributed by atoms with E-state index in [4.69, 9.17) is 16.3 Å². The van der Waals surface area contributed by atoms with Gasteiger partial charge in [0.15, 0.2) is 0 Å². The van der Waals surface area contributed by atoms with E-state index < -0.39 is 0 Å². The van der Waals surface area contributed by atoms with Gasteiger partial charge in [-0.05, 0) is 37.9 Å². The Balaban J connectivity index is 0.00000208. The van der Waals surface area contributed by atoms with Gasteiger partial charge in [0.05, 0.1) is 17.4 Å². The number of nitrogens with zero attached hydrogens (tertiary/aromatic N) is 3. The van der Waals surface area contributed by atoms with Crippen molar-refractivity contribution < 1.29 is 4.74 Å². The van der Waals surface area contributed by atoms with Gasteiger partial charge in [0.2, 0.25) is 5.88 Å². The molecule has 0 saturated carbocycles. The molecule has 0 aliphatic carbocycles. The minimum absolute atomic E-state index is 0. The Morgan fingerprint density at radius 2 is 1.88 bits per heavy atom. The maximum atomic E-state index is 6.16. The second-order valence-electron chi connectivity index (χ2n) is 5.76. The molecule has 0 radical (unpaired) electrons. The van der Waals surface area contributed by atoms with Gasteiger partial charge in [0.1, 0.15) is 6.61 Å². The van der Waals surface area contributed by atoms with Crippen LogP contribution in [-0.4, -0.2) is 41.9 Å². The fraction of sp³-hybridized carbons (Fsp3) is 0.278. The first kappa shape index (κ1) is 18.6. The molecule has 0 bridgehead atoms. The van der Waals surface area contributed by atoms with Crippen LogP contribution in [-0.2, 0) is 6.54 Å². The van der Waals surface area contributed by atoms with E-state index in [-0.39, 0.29) is 12.4 Å². The number of fused-ring (bicyclic) bond motifs is 1. The van der Waals surface area contributed by atoms with E-state index >= 15 is 0 Å². The summed E-state index contributed by atoms with van der Waals surface area (Å²) in [6, 6.07) is 16.0. The summed E-state index contributed by atoms with van der Waals surface area (Å²) in [5.74, 6) is 0.662. The van der Waals surface area contributed by atoms with Crippen molar-refractivity contribution in [2.75, 3.05) is 27.2 Å². The number of benzene rings is 2. The van der Waals surface area contributed by atoms with Crippen LogP contribution in [0.15, 0.2) is 48.5 Å². The van der Waals surface area contributed by atoms with Crippen molar-refractivity contribution in [2.24, 2.45) is 0 Å². The van der Waals surface area contributed by atoms with E-state index in [0.29, 0.717) is 24.1 Å². The van der Waals surface area contributed by atoms with Crippen molar-refractivity contribution in [1.82, 2.24) is 14.7 Å². The van der Waals surface area contributed by atoms with Gasteiger partial charge < -0.3 is 9.64 Å². The Bertz CT molecular complexity index is 788. The Morgan fingerprint density at radius 1 is 1.12 bits per heavy atom. The summed E-state index contributed by atoms with van der Waals surface area (Å²) >= 11 is 6.16. The molecule has 0 unspecified atom stereocenters. The van der Waals surface area contributed by atoms with Crippen molar-refractivity contribution in [3.8, 4) is 5.88 Å². The molecule has 3 aromatic rings. The molecule has 0 atom stereocenters. The second kappa shape index (κ2) is 8.38. The van der Waals surface area contributed by atoms with Crippen LogP contribution in [0.4, 0.5) is 0 Å². The van der Waals surface area contributed by atoms with Crippen LogP contribution in [0, 0.1) is 0 Å². The topological polar surface area (TPSA) is 30.3 Å². The summed E-state index contributed by atoms with van der Waals surface area (Å²) in [6.45, 7) is 2.14. The van der Waals surface area contributed by atoms with Crippen molar-refractivity contribution >= 4 is 34.9 Å². The zero-order valence-electron chi connectivity index (χ0n) is 13.8. The first-order chi connectivity index (χ1) is 11.1. The fourth-order valence-corrected chi connectivity index (χ4v) is 2.59. The smallest absolute Gasteiger partial charge is 0.240 e. The number of likely N-dealkylation sites (N-methyl/N-ethyl adjacent to an activating group) is 1. The van der Waals surface area contributed by atoms with Gasteiger partial charge in [0.25, 0.3) is 0 Å². The third-order valence-corrected chi connectivity index (χ3v) is 3.87. The molecule has 0 N–H and O–H groups in total. The molecule has 24 heavy (non-hydrogen) atoms. The number of hydrogen-bond acceptors (Lipinski definition) is 3. The van der Waals surface area contributed by atoms with E-state index in [2.05, 4.69) is 22.1 Å². The highest BCUT2D eigenvalue weighted by molar-refractivity contribution is 6.31. The molecule has 4 nitrogen and oxygen atoms in total. The predicted octanol–water partition coefficient (Wildman–Crippen LogP) is 4.10. The molecular weight excluding hydrogens is 345 g/mol. The number of rotatable bonds is 6. The van der Waals surface area contributed by atoms with Crippen molar-refractivity contribution in [2.45, 2.75) is 6.54 Å². The standard InChI is InChI=1S/C18H20ClN3O.ClH/c1-21(2)10-11-23-18-16-9-8-15(19)12-17(16)22(20-18)13-14-6-4-3-5-7-14;/h3-9,12H,10-11,13H2,1-2H3;1H. The van der Waals surface area contributed by atoms with Crippen LogP contribution < -0.4 is 4.74 Å². The van der Waals surface area contributed by atoms with Crippen molar-refractivity contribution in [1.29, 1.82) is 0 Å². The Morgan fingerprint density at radius 3 is 2.58 bits per heavy atom. The van der Waals surface area contributed by atoms with E-state index in [1.165, 1.54) is 5.56 Å². The molecule has 2 aromatic carbocycles. The monoisotopic (exact) mass is 365 g/mol.